The third-order valence-corrected chi connectivity index (χ3v) is 1.87. The van der Waals surface area contributed by atoms with Gasteiger partial charge in [-0.05, 0) is 20.3 Å². The molecule has 0 saturated carbocycles. The molecule has 0 aliphatic heterocycles. The Morgan fingerprint density at radius 1 is 1.50 bits per heavy atom. The van der Waals surface area contributed by atoms with E-state index in [4.69, 9.17) is 10.5 Å². The molecule has 0 fully saturated rings. The van der Waals surface area contributed by atoms with E-state index in [1.807, 2.05) is 13.8 Å². The van der Waals surface area contributed by atoms with Crippen molar-refractivity contribution in [3.63, 3.8) is 0 Å². The lowest BCUT2D eigenvalue weighted by molar-refractivity contribution is -0.129. The number of rotatable bonds is 7. The van der Waals surface area contributed by atoms with Crippen molar-refractivity contribution < 1.29 is 9.53 Å². The zero-order valence-corrected chi connectivity index (χ0v) is 9.45. The van der Waals surface area contributed by atoms with Gasteiger partial charge in [0, 0.05) is 33.2 Å². The first-order valence-electron chi connectivity index (χ1n) is 5.13. The Labute approximate surface area is 86.4 Å². The maximum absolute atomic E-state index is 11.3. The number of carbonyl (C=O) groups excluding carboxylic acids is 1. The predicted octanol–water partition coefficient (Wildman–Crippen LogP) is 0.609. The van der Waals surface area contributed by atoms with Crippen LogP contribution in [-0.4, -0.2) is 43.7 Å². The molecular weight excluding hydrogens is 180 g/mol. The molecule has 0 atom stereocenters. The Balaban J connectivity index is 3.43. The summed E-state index contributed by atoms with van der Waals surface area (Å²) < 4.78 is 5.37. The Morgan fingerprint density at radius 3 is 2.64 bits per heavy atom. The molecule has 0 spiro atoms. The lowest BCUT2D eigenvalue weighted by Gasteiger charge is -2.17. The topological polar surface area (TPSA) is 55.6 Å². The Bertz CT molecular complexity index is 160. The lowest BCUT2D eigenvalue weighted by Crippen LogP contribution is -2.30. The molecular formula is C10H22N2O2. The summed E-state index contributed by atoms with van der Waals surface area (Å²) in [6.07, 6.45) is 1.58. The smallest absolute Gasteiger partial charge is 0.223 e. The second-order valence-electron chi connectivity index (χ2n) is 3.63. The minimum absolute atomic E-state index is 0.108. The molecule has 0 rings (SSSR count). The zero-order chi connectivity index (χ0) is 11.0. The van der Waals surface area contributed by atoms with Gasteiger partial charge in [-0.25, -0.2) is 0 Å². The van der Waals surface area contributed by atoms with Crippen LogP contribution < -0.4 is 5.73 Å². The van der Waals surface area contributed by atoms with Crippen molar-refractivity contribution >= 4 is 5.91 Å². The molecule has 0 aromatic carbocycles. The number of nitrogens with two attached hydrogens (primary N) is 1. The zero-order valence-electron chi connectivity index (χ0n) is 9.45. The minimum Gasteiger partial charge on any atom is -0.379 e. The highest BCUT2D eigenvalue weighted by atomic mass is 16.5. The number of amides is 1. The molecule has 1 amide bonds. The predicted molar refractivity (Wildman–Crippen MR) is 57.0 cm³/mol. The number of hydrogen-bond acceptors (Lipinski definition) is 3. The molecule has 0 heterocycles. The molecule has 2 N–H and O–H groups in total. The van der Waals surface area contributed by atoms with E-state index in [2.05, 4.69) is 0 Å². The summed E-state index contributed by atoms with van der Waals surface area (Å²) in [5.74, 6) is 0.108. The standard InChI is InChI=1S/C10H22N2O2/c1-9(2)14-8-4-7-12(3)10(13)5-6-11/h9H,4-8,11H2,1-3H3. The van der Waals surface area contributed by atoms with E-state index in [1.165, 1.54) is 0 Å². The van der Waals surface area contributed by atoms with Gasteiger partial charge in [-0.1, -0.05) is 0 Å². The number of ether oxygens (including phenoxy) is 1. The van der Waals surface area contributed by atoms with Gasteiger partial charge in [0.25, 0.3) is 0 Å². The summed E-state index contributed by atoms with van der Waals surface area (Å²) in [7, 11) is 1.80. The van der Waals surface area contributed by atoms with E-state index in [1.54, 1.807) is 11.9 Å². The van der Waals surface area contributed by atoms with E-state index in [0.29, 0.717) is 19.6 Å². The van der Waals surface area contributed by atoms with Gasteiger partial charge in [-0.2, -0.15) is 0 Å². The first-order valence-corrected chi connectivity index (χ1v) is 5.13. The van der Waals surface area contributed by atoms with Gasteiger partial charge < -0.3 is 15.4 Å². The molecule has 0 bridgehead atoms. The van der Waals surface area contributed by atoms with Gasteiger partial charge in [-0.3, -0.25) is 4.79 Å². The van der Waals surface area contributed by atoms with Gasteiger partial charge in [0.1, 0.15) is 0 Å². The first kappa shape index (κ1) is 13.4. The van der Waals surface area contributed by atoms with Crippen molar-refractivity contribution in [1.82, 2.24) is 4.90 Å². The van der Waals surface area contributed by atoms with Crippen molar-refractivity contribution in [1.29, 1.82) is 0 Å². The van der Waals surface area contributed by atoms with Crippen LogP contribution in [0.4, 0.5) is 0 Å². The van der Waals surface area contributed by atoms with Crippen LogP contribution in [0.2, 0.25) is 0 Å². The fourth-order valence-corrected chi connectivity index (χ4v) is 1.06. The summed E-state index contributed by atoms with van der Waals surface area (Å²) in [4.78, 5) is 13.0. The van der Waals surface area contributed by atoms with E-state index < -0.39 is 0 Å². The average molecular weight is 202 g/mol. The second kappa shape index (κ2) is 7.76. The molecule has 0 aliphatic carbocycles. The summed E-state index contributed by atoms with van der Waals surface area (Å²) in [5.41, 5.74) is 5.29. The number of hydrogen-bond donors (Lipinski definition) is 1. The Morgan fingerprint density at radius 2 is 2.14 bits per heavy atom. The van der Waals surface area contributed by atoms with Crippen molar-refractivity contribution in [3.05, 3.63) is 0 Å². The molecule has 0 saturated heterocycles. The molecule has 0 aromatic heterocycles. The van der Waals surface area contributed by atoms with Crippen molar-refractivity contribution in [3.8, 4) is 0 Å². The molecule has 4 heteroatoms. The van der Waals surface area contributed by atoms with Crippen LogP contribution >= 0.6 is 0 Å². The van der Waals surface area contributed by atoms with Gasteiger partial charge in [0.15, 0.2) is 0 Å². The van der Waals surface area contributed by atoms with Crippen LogP contribution in [0, 0.1) is 0 Å². The quantitative estimate of drug-likeness (QED) is 0.615. The summed E-state index contributed by atoms with van der Waals surface area (Å²) in [6.45, 7) is 5.88. The lowest BCUT2D eigenvalue weighted by atomic mass is 10.3. The largest absolute Gasteiger partial charge is 0.379 e. The third-order valence-electron chi connectivity index (χ3n) is 1.87. The summed E-state index contributed by atoms with van der Waals surface area (Å²) in [6, 6.07) is 0. The molecule has 0 radical (unpaired) electrons. The Hall–Kier alpha value is -0.610. The van der Waals surface area contributed by atoms with Crippen LogP contribution in [0.5, 0.6) is 0 Å². The van der Waals surface area contributed by atoms with Crippen LogP contribution in [-0.2, 0) is 9.53 Å². The molecule has 0 aliphatic rings. The molecule has 0 unspecified atom stereocenters. The summed E-state index contributed by atoms with van der Waals surface area (Å²) in [5, 5.41) is 0. The Kier molecular flexibility index (Phi) is 7.42. The monoisotopic (exact) mass is 202 g/mol. The molecule has 4 nitrogen and oxygen atoms in total. The van der Waals surface area contributed by atoms with Crippen molar-refractivity contribution in [2.45, 2.75) is 32.8 Å². The highest BCUT2D eigenvalue weighted by Crippen LogP contribution is 1.95. The SMILES string of the molecule is CC(C)OCCCN(C)C(=O)CCN. The fraction of sp³-hybridized carbons (Fsp3) is 0.900. The first-order chi connectivity index (χ1) is 6.57. The van der Waals surface area contributed by atoms with E-state index >= 15 is 0 Å². The van der Waals surface area contributed by atoms with Crippen molar-refractivity contribution in [2.75, 3.05) is 26.7 Å². The van der Waals surface area contributed by atoms with Crippen LogP contribution in [0.15, 0.2) is 0 Å². The molecule has 84 valence electrons. The van der Waals surface area contributed by atoms with Crippen LogP contribution in [0.3, 0.4) is 0 Å². The number of carbonyl (C=O) groups is 1. The van der Waals surface area contributed by atoms with Crippen LogP contribution in [0.25, 0.3) is 0 Å². The average Bonchev–Trinajstić information content (AvgIpc) is 2.12. The molecule has 0 aromatic rings. The normalized spacial score (nSPS) is 10.6. The fourth-order valence-electron chi connectivity index (χ4n) is 1.06. The highest BCUT2D eigenvalue weighted by molar-refractivity contribution is 5.75. The van der Waals surface area contributed by atoms with E-state index in [0.717, 1.165) is 13.0 Å². The number of nitrogens with zero attached hydrogens (tertiary/aromatic N) is 1. The van der Waals surface area contributed by atoms with Gasteiger partial charge in [0.05, 0.1) is 6.10 Å². The van der Waals surface area contributed by atoms with E-state index in [9.17, 15) is 4.79 Å². The van der Waals surface area contributed by atoms with Gasteiger partial charge in [0.2, 0.25) is 5.91 Å². The van der Waals surface area contributed by atoms with Crippen molar-refractivity contribution in [2.24, 2.45) is 5.73 Å². The minimum atomic E-state index is 0.108. The molecule has 14 heavy (non-hydrogen) atoms. The highest BCUT2D eigenvalue weighted by Gasteiger charge is 2.06. The third kappa shape index (κ3) is 6.86. The maximum atomic E-state index is 11.3. The van der Waals surface area contributed by atoms with E-state index in [-0.39, 0.29) is 12.0 Å². The van der Waals surface area contributed by atoms with Crippen LogP contribution in [0.1, 0.15) is 26.7 Å². The van der Waals surface area contributed by atoms with Gasteiger partial charge >= 0.3 is 0 Å². The summed E-state index contributed by atoms with van der Waals surface area (Å²) >= 11 is 0. The van der Waals surface area contributed by atoms with Gasteiger partial charge in [-0.15, -0.1) is 0 Å². The maximum Gasteiger partial charge on any atom is 0.223 e. The second-order valence-corrected chi connectivity index (χ2v) is 3.63.